The van der Waals surface area contributed by atoms with Crippen molar-refractivity contribution in [3.8, 4) is 0 Å². The molecule has 16 heavy (non-hydrogen) atoms. The molecule has 3 nitrogen and oxygen atoms in total. The number of amides is 2. The Labute approximate surface area is 97.0 Å². The maximum absolute atomic E-state index is 10.7. The largest absolute Gasteiger partial charge is 0.352 e. The van der Waals surface area contributed by atoms with Crippen molar-refractivity contribution < 1.29 is 4.79 Å². The van der Waals surface area contributed by atoms with Crippen molar-refractivity contribution >= 4 is 6.03 Å². The molecule has 2 amide bonds. The lowest BCUT2D eigenvalue weighted by Crippen LogP contribution is -2.39. The van der Waals surface area contributed by atoms with Crippen molar-refractivity contribution in [2.24, 2.45) is 5.73 Å². The number of primary amides is 1. The van der Waals surface area contributed by atoms with Gasteiger partial charge >= 0.3 is 6.03 Å². The van der Waals surface area contributed by atoms with E-state index in [2.05, 4.69) is 50.4 Å². The maximum Gasteiger partial charge on any atom is 0.312 e. The number of rotatable bonds is 4. The first kappa shape index (κ1) is 12.6. The van der Waals surface area contributed by atoms with Crippen LogP contribution in [0.25, 0.3) is 0 Å². The van der Waals surface area contributed by atoms with Gasteiger partial charge in [-0.15, -0.1) is 0 Å². The minimum Gasteiger partial charge on any atom is -0.352 e. The molecule has 1 rings (SSSR count). The Bertz CT molecular complexity index is 355. The van der Waals surface area contributed by atoms with Crippen LogP contribution in [0.4, 0.5) is 4.79 Å². The van der Waals surface area contributed by atoms with Crippen LogP contribution >= 0.6 is 0 Å². The van der Waals surface area contributed by atoms with Crippen molar-refractivity contribution in [1.29, 1.82) is 0 Å². The van der Waals surface area contributed by atoms with Gasteiger partial charge in [0.15, 0.2) is 0 Å². The van der Waals surface area contributed by atoms with E-state index in [1.54, 1.807) is 0 Å². The molecule has 0 heterocycles. The van der Waals surface area contributed by atoms with Crippen molar-refractivity contribution in [1.82, 2.24) is 5.32 Å². The first-order chi connectivity index (χ1) is 7.45. The van der Waals surface area contributed by atoms with E-state index >= 15 is 0 Å². The van der Waals surface area contributed by atoms with Gasteiger partial charge in [-0.25, -0.2) is 4.79 Å². The molecule has 0 aromatic heterocycles. The molecule has 0 spiro atoms. The summed E-state index contributed by atoms with van der Waals surface area (Å²) in [4.78, 5) is 10.7. The van der Waals surface area contributed by atoms with E-state index in [0.29, 0.717) is 6.54 Å². The Morgan fingerprint density at radius 2 is 1.88 bits per heavy atom. The highest BCUT2D eigenvalue weighted by Gasteiger charge is 2.20. The van der Waals surface area contributed by atoms with Crippen LogP contribution in [0.3, 0.4) is 0 Å². The van der Waals surface area contributed by atoms with Gasteiger partial charge in [0.1, 0.15) is 0 Å². The van der Waals surface area contributed by atoms with Crippen LogP contribution < -0.4 is 11.1 Å². The summed E-state index contributed by atoms with van der Waals surface area (Å²) in [6, 6.07) is 8.00. The molecule has 0 atom stereocenters. The molecule has 88 valence electrons. The summed E-state index contributed by atoms with van der Waals surface area (Å²) in [7, 11) is 0. The van der Waals surface area contributed by atoms with Crippen LogP contribution in [0.15, 0.2) is 24.3 Å². The summed E-state index contributed by atoms with van der Waals surface area (Å²) >= 11 is 0. The molecular weight excluding hydrogens is 200 g/mol. The fourth-order valence-electron chi connectivity index (χ4n) is 1.60. The van der Waals surface area contributed by atoms with E-state index in [1.807, 2.05) is 0 Å². The number of hydrogen-bond acceptors (Lipinski definition) is 1. The summed E-state index contributed by atoms with van der Waals surface area (Å²) in [6.07, 6.45) is 1.04. The summed E-state index contributed by atoms with van der Waals surface area (Å²) in [5.41, 5.74) is 7.51. The van der Waals surface area contributed by atoms with Gasteiger partial charge in [-0.2, -0.15) is 0 Å². The van der Waals surface area contributed by atoms with Crippen molar-refractivity contribution in [2.75, 3.05) is 6.54 Å². The molecule has 0 aliphatic heterocycles. The Morgan fingerprint density at radius 1 is 1.31 bits per heavy atom. The summed E-state index contributed by atoms with van der Waals surface area (Å²) < 4.78 is 0. The number of nitrogens with one attached hydrogen (secondary N) is 1. The van der Waals surface area contributed by atoms with Gasteiger partial charge in [0.2, 0.25) is 0 Å². The minimum atomic E-state index is -0.474. The lowest BCUT2D eigenvalue weighted by molar-refractivity contribution is 0.246. The first-order valence-electron chi connectivity index (χ1n) is 5.58. The van der Waals surface area contributed by atoms with Gasteiger partial charge in [0.25, 0.3) is 0 Å². The highest BCUT2D eigenvalue weighted by atomic mass is 16.2. The monoisotopic (exact) mass is 220 g/mol. The fourth-order valence-corrected chi connectivity index (χ4v) is 1.60. The quantitative estimate of drug-likeness (QED) is 0.803. The molecule has 0 radical (unpaired) electrons. The van der Waals surface area contributed by atoms with Crippen LogP contribution in [0.5, 0.6) is 0 Å². The van der Waals surface area contributed by atoms with E-state index in [-0.39, 0.29) is 5.41 Å². The number of urea groups is 1. The van der Waals surface area contributed by atoms with Crippen LogP contribution in [0.1, 0.15) is 31.9 Å². The van der Waals surface area contributed by atoms with Crippen LogP contribution in [0, 0.1) is 0 Å². The third-order valence-corrected chi connectivity index (χ3v) is 2.85. The predicted octanol–water partition coefficient (Wildman–Crippen LogP) is 2.19. The van der Waals surface area contributed by atoms with Crippen LogP contribution in [0.2, 0.25) is 0 Å². The molecule has 0 saturated carbocycles. The second kappa shape index (κ2) is 5.01. The minimum absolute atomic E-state index is 0.0959. The van der Waals surface area contributed by atoms with Gasteiger partial charge in [-0.1, -0.05) is 45.0 Å². The normalized spacial score (nSPS) is 11.2. The van der Waals surface area contributed by atoms with Gasteiger partial charge in [0, 0.05) is 12.0 Å². The number of hydrogen-bond donors (Lipinski definition) is 2. The molecule has 0 bridgehead atoms. The number of nitrogens with two attached hydrogens (primary N) is 1. The highest BCUT2D eigenvalue weighted by molar-refractivity contribution is 5.71. The topological polar surface area (TPSA) is 55.1 Å². The van der Waals surface area contributed by atoms with Crippen LogP contribution in [-0.4, -0.2) is 12.6 Å². The van der Waals surface area contributed by atoms with E-state index in [0.717, 1.165) is 6.42 Å². The molecular formula is C13H20N2O. The van der Waals surface area contributed by atoms with E-state index in [1.165, 1.54) is 11.1 Å². The molecule has 0 unspecified atom stereocenters. The molecule has 0 fully saturated rings. The zero-order valence-electron chi connectivity index (χ0n) is 10.2. The highest BCUT2D eigenvalue weighted by Crippen LogP contribution is 2.22. The second-order valence-electron chi connectivity index (χ2n) is 4.65. The van der Waals surface area contributed by atoms with E-state index in [4.69, 9.17) is 5.73 Å². The molecule has 1 aromatic rings. The number of benzene rings is 1. The SMILES string of the molecule is CCc1ccc(C(C)(C)CNC(N)=O)cc1. The molecule has 0 saturated heterocycles. The van der Waals surface area contributed by atoms with Gasteiger partial charge in [-0.05, 0) is 17.5 Å². The Balaban J connectivity index is 2.76. The summed E-state index contributed by atoms with van der Waals surface area (Å²) in [5.74, 6) is 0. The third-order valence-electron chi connectivity index (χ3n) is 2.85. The molecule has 3 heteroatoms. The standard InChI is InChI=1S/C13H20N2O/c1-4-10-5-7-11(8-6-10)13(2,3)9-15-12(14)16/h5-8H,4,9H2,1-3H3,(H3,14,15,16). The Morgan fingerprint density at radius 3 is 2.31 bits per heavy atom. The maximum atomic E-state index is 10.7. The van der Waals surface area contributed by atoms with Gasteiger partial charge in [0.05, 0.1) is 0 Å². The average Bonchev–Trinajstić information content (AvgIpc) is 2.27. The second-order valence-corrected chi connectivity index (χ2v) is 4.65. The number of carbonyl (C=O) groups is 1. The lowest BCUT2D eigenvalue weighted by atomic mass is 9.84. The van der Waals surface area contributed by atoms with Crippen molar-refractivity contribution in [3.63, 3.8) is 0 Å². The zero-order chi connectivity index (χ0) is 12.2. The van der Waals surface area contributed by atoms with E-state index in [9.17, 15) is 4.79 Å². The first-order valence-corrected chi connectivity index (χ1v) is 5.58. The fraction of sp³-hybridized carbons (Fsp3) is 0.462. The van der Waals surface area contributed by atoms with Gasteiger partial charge in [-0.3, -0.25) is 0 Å². The molecule has 3 N–H and O–H groups in total. The van der Waals surface area contributed by atoms with Crippen molar-refractivity contribution in [3.05, 3.63) is 35.4 Å². The van der Waals surface area contributed by atoms with Gasteiger partial charge < -0.3 is 11.1 Å². The Kier molecular flexibility index (Phi) is 3.93. The summed E-state index contributed by atoms with van der Waals surface area (Å²) in [5, 5.41) is 2.65. The lowest BCUT2D eigenvalue weighted by Gasteiger charge is -2.25. The van der Waals surface area contributed by atoms with Crippen molar-refractivity contribution in [2.45, 2.75) is 32.6 Å². The third kappa shape index (κ3) is 3.26. The zero-order valence-corrected chi connectivity index (χ0v) is 10.2. The van der Waals surface area contributed by atoms with Crippen LogP contribution in [-0.2, 0) is 11.8 Å². The predicted molar refractivity (Wildman–Crippen MR) is 66.4 cm³/mol. The summed E-state index contributed by atoms with van der Waals surface area (Å²) in [6.45, 7) is 6.86. The number of carbonyl (C=O) groups excluding carboxylic acids is 1. The van der Waals surface area contributed by atoms with E-state index < -0.39 is 6.03 Å². The average molecular weight is 220 g/mol. The molecule has 1 aromatic carbocycles. The smallest absolute Gasteiger partial charge is 0.312 e. The molecule has 0 aliphatic rings. The number of aryl methyl sites for hydroxylation is 1. The Hall–Kier alpha value is -1.51. The molecule has 0 aliphatic carbocycles.